The highest BCUT2D eigenvalue weighted by molar-refractivity contribution is 5.46. The Kier molecular flexibility index (Phi) is 2.68. The van der Waals surface area contributed by atoms with Crippen LogP contribution >= 0.6 is 0 Å². The Balaban J connectivity index is 1.96. The fourth-order valence-corrected chi connectivity index (χ4v) is 2.21. The van der Waals surface area contributed by atoms with Crippen LogP contribution in [0.3, 0.4) is 0 Å². The molecule has 1 N–H and O–H groups in total. The molecule has 0 radical (unpaired) electrons. The summed E-state index contributed by atoms with van der Waals surface area (Å²) in [7, 11) is 3.85. The predicted molar refractivity (Wildman–Crippen MR) is 66.7 cm³/mol. The van der Waals surface area contributed by atoms with Crippen LogP contribution in [0.4, 0.5) is 0 Å². The third-order valence-corrected chi connectivity index (χ3v) is 3.08. The van der Waals surface area contributed by atoms with Crippen LogP contribution in [0.5, 0.6) is 11.5 Å². The van der Waals surface area contributed by atoms with Gasteiger partial charge in [0.2, 0.25) is 6.79 Å². The first-order valence-corrected chi connectivity index (χ1v) is 5.83. The number of benzene rings is 1. The lowest BCUT2D eigenvalue weighted by molar-refractivity contribution is 0.174. The van der Waals surface area contributed by atoms with Crippen molar-refractivity contribution in [2.45, 2.75) is 6.04 Å². The number of hydrogen-bond acceptors (Lipinski definition) is 4. The Bertz CT molecular complexity index is 565. The van der Waals surface area contributed by atoms with Crippen LogP contribution in [0, 0.1) is 0 Å². The summed E-state index contributed by atoms with van der Waals surface area (Å²) in [5.41, 5.74) is 2.26. The van der Waals surface area contributed by atoms with Gasteiger partial charge in [-0.15, -0.1) is 0 Å². The summed E-state index contributed by atoms with van der Waals surface area (Å²) >= 11 is 0. The summed E-state index contributed by atoms with van der Waals surface area (Å²) < 4.78 is 12.5. The first-order chi connectivity index (χ1) is 8.78. The zero-order valence-corrected chi connectivity index (χ0v) is 10.4. The van der Waals surface area contributed by atoms with E-state index in [0.717, 1.165) is 22.6 Å². The Morgan fingerprint density at radius 3 is 2.83 bits per heavy atom. The lowest BCUT2D eigenvalue weighted by Crippen LogP contribution is -2.17. The molecule has 1 unspecified atom stereocenters. The fraction of sp³-hybridized carbons (Fsp3) is 0.308. The Labute approximate surface area is 105 Å². The molecule has 0 saturated carbocycles. The summed E-state index contributed by atoms with van der Waals surface area (Å²) in [6.07, 6.45) is 3.87. The van der Waals surface area contributed by atoms with Gasteiger partial charge < -0.3 is 14.8 Å². The molecule has 0 spiro atoms. The number of hydrogen-bond donors (Lipinski definition) is 1. The molecule has 1 aliphatic rings. The largest absolute Gasteiger partial charge is 0.454 e. The maximum absolute atomic E-state index is 5.40. The molecule has 1 aromatic heterocycles. The molecular weight excluding hydrogens is 230 g/mol. The second-order valence-electron chi connectivity index (χ2n) is 4.28. The quantitative estimate of drug-likeness (QED) is 0.889. The van der Waals surface area contributed by atoms with Crippen molar-refractivity contribution in [1.29, 1.82) is 0 Å². The maximum atomic E-state index is 5.40. The third kappa shape index (κ3) is 1.82. The van der Waals surface area contributed by atoms with Crippen LogP contribution in [0.1, 0.15) is 17.2 Å². The molecule has 0 bridgehead atoms. The summed E-state index contributed by atoms with van der Waals surface area (Å²) in [6.45, 7) is 0.301. The minimum absolute atomic E-state index is 0.105. The molecule has 1 aliphatic heterocycles. The van der Waals surface area contributed by atoms with E-state index in [9.17, 15) is 0 Å². The highest BCUT2D eigenvalue weighted by Gasteiger charge is 2.19. The molecule has 0 fully saturated rings. The second-order valence-corrected chi connectivity index (χ2v) is 4.28. The average molecular weight is 245 g/mol. The van der Waals surface area contributed by atoms with Gasteiger partial charge in [-0.25, -0.2) is 0 Å². The van der Waals surface area contributed by atoms with E-state index in [0.29, 0.717) is 6.79 Å². The normalized spacial score (nSPS) is 14.8. The first kappa shape index (κ1) is 11.1. The average Bonchev–Trinajstić information content (AvgIpc) is 2.99. The van der Waals surface area contributed by atoms with E-state index in [1.54, 1.807) is 4.68 Å². The number of rotatable bonds is 3. The topological polar surface area (TPSA) is 48.3 Å². The number of ether oxygens (including phenoxy) is 2. The molecule has 0 aliphatic carbocycles. The standard InChI is InChI=1S/C13H15N3O2/c1-14-13(10-6-15-16(2)7-10)9-3-4-11-12(5-9)18-8-17-11/h3-7,13-14H,8H2,1-2H3. The minimum atomic E-state index is 0.105. The molecule has 5 nitrogen and oxygen atoms in total. The number of nitrogens with one attached hydrogen (secondary N) is 1. The molecule has 5 heteroatoms. The molecule has 1 aromatic carbocycles. The van der Waals surface area contributed by atoms with Crippen molar-refractivity contribution in [3.05, 3.63) is 41.7 Å². The number of aryl methyl sites for hydroxylation is 1. The molecule has 1 atom stereocenters. The summed E-state index contributed by atoms with van der Waals surface area (Å²) in [4.78, 5) is 0. The molecular formula is C13H15N3O2. The third-order valence-electron chi connectivity index (χ3n) is 3.08. The van der Waals surface area contributed by atoms with Gasteiger partial charge in [-0.1, -0.05) is 6.07 Å². The van der Waals surface area contributed by atoms with E-state index >= 15 is 0 Å². The van der Waals surface area contributed by atoms with Crippen LogP contribution in [-0.4, -0.2) is 23.6 Å². The van der Waals surface area contributed by atoms with E-state index in [2.05, 4.69) is 10.4 Å². The van der Waals surface area contributed by atoms with Gasteiger partial charge in [0.15, 0.2) is 11.5 Å². The molecule has 2 heterocycles. The van der Waals surface area contributed by atoms with Gasteiger partial charge in [0.05, 0.1) is 12.2 Å². The summed E-state index contributed by atoms with van der Waals surface area (Å²) in [5, 5.41) is 7.49. The number of fused-ring (bicyclic) bond motifs is 1. The maximum Gasteiger partial charge on any atom is 0.231 e. The summed E-state index contributed by atoms with van der Waals surface area (Å²) in [6, 6.07) is 6.10. The van der Waals surface area contributed by atoms with Crippen molar-refractivity contribution >= 4 is 0 Å². The lowest BCUT2D eigenvalue weighted by Gasteiger charge is -2.15. The molecule has 3 rings (SSSR count). The van der Waals surface area contributed by atoms with Crippen molar-refractivity contribution in [1.82, 2.24) is 15.1 Å². The molecule has 0 saturated heterocycles. The van der Waals surface area contributed by atoms with Gasteiger partial charge in [0.1, 0.15) is 0 Å². The van der Waals surface area contributed by atoms with Gasteiger partial charge >= 0.3 is 0 Å². The van der Waals surface area contributed by atoms with Crippen LogP contribution in [0.15, 0.2) is 30.6 Å². The first-order valence-electron chi connectivity index (χ1n) is 5.83. The molecule has 2 aromatic rings. The molecule has 94 valence electrons. The zero-order chi connectivity index (χ0) is 12.5. The van der Waals surface area contributed by atoms with Crippen LogP contribution in [0.2, 0.25) is 0 Å². The van der Waals surface area contributed by atoms with E-state index in [1.807, 2.05) is 44.7 Å². The van der Waals surface area contributed by atoms with Gasteiger partial charge in [0, 0.05) is 18.8 Å². The van der Waals surface area contributed by atoms with Crippen LogP contribution < -0.4 is 14.8 Å². The molecule has 18 heavy (non-hydrogen) atoms. The van der Waals surface area contributed by atoms with E-state index in [4.69, 9.17) is 9.47 Å². The number of nitrogens with zero attached hydrogens (tertiary/aromatic N) is 2. The lowest BCUT2D eigenvalue weighted by atomic mass is 10.0. The number of aromatic nitrogens is 2. The van der Waals surface area contributed by atoms with Crippen molar-refractivity contribution in [2.75, 3.05) is 13.8 Å². The van der Waals surface area contributed by atoms with Gasteiger partial charge in [0.25, 0.3) is 0 Å². The zero-order valence-electron chi connectivity index (χ0n) is 10.4. The SMILES string of the molecule is CNC(c1ccc2c(c1)OCO2)c1cnn(C)c1. The van der Waals surface area contributed by atoms with Crippen molar-refractivity contribution in [3.63, 3.8) is 0 Å². The van der Waals surface area contributed by atoms with Crippen molar-refractivity contribution in [2.24, 2.45) is 7.05 Å². The van der Waals surface area contributed by atoms with E-state index in [-0.39, 0.29) is 6.04 Å². The van der Waals surface area contributed by atoms with Gasteiger partial charge in [-0.05, 0) is 24.7 Å². The monoisotopic (exact) mass is 245 g/mol. The van der Waals surface area contributed by atoms with E-state index in [1.165, 1.54) is 0 Å². The van der Waals surface area contributed by atoms with E-state index < -0.39 is 0 Å². The minimum Gasteiger partial charge on any atom is -0.454 e. The fourth-order valence-electron chi connectivity index (χ4n) is 2.21. The van der Waals surface area contributed by atoms with Crippen LogP contribution in [-0.2, 0) is 7.05 Å². The smallest absolute Gasteiger partial charge is 0.231 e. The highest BCUT2D eigenvalue weighted by atomic mass is 16.7. The Morgan fingerprint density at radius 2 is 2.11 bits per heavy atom. The Morgan fingerprint density at radius 1 is 1.28 bits per heavy atom. The predicted octanol–water partition coefficient (Wildman–Crippen LogP) is 1.46. The second kappa shape index (κ2) is 4.34. The van der Waals surface area contributed by atoms with Gasteiger partial charge in [-0.3, -0.25) is 4.68 Å². The van der Waals surface area contributed by atoms with Gasteiger partial charge in [-0.2, -0.15) is 5.10 Å². The van der Waals surface area contributed by atoms with Crippen molar-refractivity contribution < 1.29 is 9.47 Å². The van der Waals surface area contributed by atoms with Crippen LogP contribution in [0.25, 0.3) is 0 Å². The summed E-state index contributed by atoms with van der Waals surface area (Å²) in [5.74, 6) is 1.61. The molecule has 0 amide bonds. The van der Waals surface area contributed by atoms with Crippen molar-refractivity contribution in [3.8, 4) is 11.5 Å². The highest BCUT2D eigenvalue weighted by Crippen LogP contribution is 2.35. The Hall–Kier alpha value is -2.01.